The number of nitro benzene ring substituents is 1. The Labute approximate surface area is 177 Å². The number of unbranched alkanes of at least 4 members (excludes halogenated alkanes) is 2. The molecule has 0 unspecified atom stereocenters. The molecule has 0 radical (unpaired) electrons. The van der Waals surface area contributed by atoms with Gasteiger partial charge < -0.3 is 4.90 Å². The van der Waals surface area contributed by atoms with Crippen LogP contribution in [-0.2, 0) is 4.79 Å². The molecule has 0 aliphatic carbocycles. The summed E-state index contributed by atoms with van der Waals surface area (Å²) in [6.07, 6.45) is 5.55. The molecule has 1 aliphatic heterocycles. The molecule has 0 spiro atoms. The summed E-state index contributed by atoms with van der Waals surface area (Å²) < 4.78 is 0. The zero-order valence-electron chi connectivity index (χ0n) is 16.9. The summed E-state index contributed by atoms with van der Waals surface area (Å²) in [5.74, 6) is 12.8. The van der Waals surface area contributed by atoms with Gasteiger partial charge in [0.05, 0.1) is 4.92 Å². The number of rotatable bonds is 5. The minimum absolute atomic E-state index is 0.0523. The first-order valence-corrected chi connectivity index (χ1v) is 10.3. The number of likely N-dealkylation sites (tertiary alicyclic amines) is 1. The number of nitrogens with zero attached hydrogens (tertiary/aromatic N) is 2. The lowest BCUT2D eigenvalue weighted by molar-refractivity contribution is -0.384. The Balaban J connectivity index is 1.54. The van der Waals surface area contributed by atoms with E-state index in [-0.39, 0.29) is 11.6 Å². The monoisotopic (exact) mass is 400 g/mol. The fraction of sp³-hybridized carbons (Fsp3) is 0.320. The van der Waals surface area contributed by atoms with E-state index in [1.807, 2.05) is 29.2 Å². The van der Waals surface area contributed by atoms with Crippen molar-refractivity contribution in [3.8, 4) is 23.7 Å². The average molecular weight is 400 g/mol. The van der Waals surface area contributed by atoms with Gasteiger partial charge in [0, 0.05) is 54.8 Å². The maximum atomic E-state index is 11.8. The average Bonchev–Trinajstić information content (AvgIpc) is 2.77. The molecule has 152 valence electrons. The van der Waals surface area contributed by atoms with Gasteiger partial charge in [-0.1, -0.05) is 35.8 Å². The Morgan fingerprint density at radius 2 is 1.67 bits per heavy atom. The second kappa shape index (κ2) is 10.8. The molecule has 0 N–H and O–H groups in total. The van der Waals surface area contributed by atoms with Gasteiger partial charge in [-0.15, -0.1) is 0 Å². The van der Waals surface area contributed by atoms with E-state index in [0.717, 1.165) is 61.9 Å². The zero-order valence-corrected chi connectivity index (χ0v) is 16.9. The number of amides is 1. The topological polar surface area (TPSA) is 63.5 Å². The van der Waals surface area contributed by atoms with Crippen molar-refractivity contribution in [1.82, 2.24) is 4.90 Å². The predicted octanol–water partition coefficient (Wildman–Crippen LogP) is 4.53. The van der Waals surface area contributed by atoms with Crippen LogP contribution < -0.4 is 0 Å². The van der Waals surface area contributed by atoms with E-state index >= 15 is 0 Å². The van der Waals surface area contributed by atoms with Crippen molar-refractivity contribution in [2.24, 2.45) is 0 Å². The smallest absolute Gasteiger partial charge is 0.269 e. The highest BCUT2D eigenvalue weighted by Crippen LogP contribution is 2.13. The zero-order chi connectivity index (χ0) is 21.2. The highest BCUT2D eigenvalue weighted by molar-refractivity contribution is 5.76. The third-order valence-corrected chi connectivity index (χ3v) is 4.97. The third-order valence-electron chi connectivity index (χ3n) is 4.97. The quantitative estimate of drug-likeness (QED) is 0.321. The van der Waals surface area contributed by atoms with Gasteiger partial charge in [0.2, 0.25) is 5.91 Å². The summed E-state index contributed by atoms with van der Waals surface area (Å²) in [6.45, 7) is 1.73. The molecule has 0 saturated carbocycles. The standard InChI is InChI=1S/C25H24N2O3/c28-25-12-6-8-20-26(25)19-7-2-1-3-9-22-10-4-5-11-23(22)16-13-21-14-17-24(18-15-21)27(29)30/h4-5,10-11,14-15,17-18H,1-2,6-8,12,19-20H2. The number of benzene rings is 2. The Hall–Kier alpha value is -3.57. The van der Waals surface area contributed by atoms with Crippen LogP contribution in [0.25, 0.3) is 0 Å². The van der Waals surface area contributed by atoms with E-state index in [1.54, 1.807) is 12.1 Å². The molecule has 0 atom stereocenters. The van der Waals surface area contributed by atoms with Crippen LogP contribution in [0.2, 0.25) is 0 Å². The summed E-state index contributed by atoms with van der Waals surface area (Å²) in [4.78, 5) is 24.1. The summed E-state index contributed by atoms with van der Waals surface area (Å²) >= 11 is 0. The second-order valence-electron chi connectivity index (χ2n) is 7.20. The summed E-state index contributed by atoms with van der Waals surface area (Å²) in [5, 5.41) is 10.7. The van der Waals surface area contributed by atoms with Crippen LogP contribution in [0.1, 0.15) is 55.2 Å². The normalized spacial score (nSPS) is 13.1. The molecule has 1 heterocycles. The molecule has 0 aromatic heterocycles. The SMILES string of the molecule is O=C1CCCCN1CCCCC#Cc1ccccc1C#Cc1ccc([N+](=O)[O-])cc1. The van der Waals surface area contributed by atoms with Gasteiger partial charge >= 0.3 is 0 Å². The van der Waals surface area contributed by atoms with Gasteiger partial charge in [-0.3, -0.25) is 14.9 Å². The molecular formula is C25H24N2O3. The van der Waals surface area contributed by atoms with Crippen LogP contribution in [-0.4, -0.2) is 28.8 Å². The highest BCUT2D eigenvalue weighted by Gasteiger charge is 2.16. The number of carbonyl (C=O) groups excluding carboxylic acids is 1. The van der Waals surface area contributed by atoms with Gasteiger partial charge in [0.25, 0.3) is 5.69 Å². The molecule has 2 aromatic carbocycles. The van der Waals surface area contributed by atoms with Crippen molar-refractivity contribution in [2.75, 3.05) is 13.1 Å². The molecule has 1 fully saturated rings. The maximum absolute atomic E-state index is 11.8. The Morgan fingerprint density at radius 1 is 0.933 bits per heavy atom. The number of hydrogen-bond acceptors (Lipinski definition) is 3. The Morgan fingerprint density at radius 3 is 2.37 bits per heavy atom. The van der Waals surface area contributed by atoms with E-state index in [1.165, 1.54) is 12.1 Å². The van der Waals surface area contributed by atoms with Crippen molar-refractivity contribution >= 4 is 11.6 Å². The first-order chi connectivity index (χ1) is 14.6. The molecule has 3 rings (SSSR count). The summed E-state index contributed by atoms with van der Waals surface area (Å²) in [6, 6.07) is 13.9. The van der Waals surface area contributed by atoms with Crippen molar-refractivity contribution in [1.29, 1.82) is 0 Å². The lowest BCUT2D eigenvalue weighted by Gasteiger charge is -2.26. The number of carbonyl (C=O) groups is 1. The minimum atomic E-state index is -0.424. The molecule has 1 aliphatic rings. The predicted molar refractivity (Wildman–Crippen MR) is 117 cm³/mol. The van der Waals surface area contributed by atoms with Crippen LogP contribution in [0.15, 0.2) is 48.5 Å². The molecule has 5 nitrogen and oxygen atoms in total. The van der Waals surface area contributed by atoms with Crippen molar-refractivity contribution < 1.29 is 9.72 Å². The maximum Gasteiger partial charge on any atom is 0.269 e. The molecule has 1 amide bonds. The van der Waals surface area contributed by atoms with Gasteiger partial charge in [-0.2, -0.15) is 0 Å². The third kappa shape index (κ3) is 6.22. The molecule has 0 bridgehead atoms. The van der Waals surface area contributed by atoms with Crippen LogP contribution in [0.4, 0.5) is 5.69 Å². The first kappa shape index (κ1) is 21.1. The van der Waals surface area contributed by atoms with Gasteiger partial charge in [-0.05, 0) is 49.9 Å². The lowest BCUT2D eigenvalue weighted by atomic mass is 10.1. The van der Waals surface area contributed by atoms with Crippen molar-refractivity contribution in [3.63, 3.8) is 0 Å². The van der Waals surface area contributed by atoms with Crippen LogP contribution in [0.5, 0.6) is 0 Å². The number of hydrogen-bond donors (Lipinski definition) is 0. The fourth-order valence-corrected chi connectivity index (χ4v) is 3.28. The lowest BCUT2D eigenvalue weighted by Crippen LogP contribution is -2.35. The molecular weight excluding hydrogens is 376 g/mol. The van der Waals surface area contributed by atoms with E-state index in [4.69, 9.17) is 0 Å². The fourth-order valence-electron chi connectivity index (χ4n) is 3.28. The second-order valence-corrected chi connectivity index (χ2v) is 7.20. The van der Waals surface area contributed by atoms with E-state index < -0.39 is 4.92 Å². The van der Waals surface area contributed by atoms with Gasteiger partial charge in [-0.25, -0.2) is 0 Å². The highest BCUT2D eigenvalue weighted by atomic mass is 16.6. The van der Waals surface area contributed by atoms with Crippen LogP contribution >= 0.6 is 0 Å². The molecule has 1 saturated heterocycles. The number of non-ortho nitro benzene ring substituents is 1. The molecule has 5 heteroatoms. The van der Waals surface area contributed by atoms with Crippen LogP contribution in [0, 0.1) is 33.8 Å². The summed E-state index contributed by atoms with van der Waals surface area (Å²) in [5.41, 5.74) is 2.48. The van der Waals surface area contributed by atoms with E-state index in [2.05, 4.69) is 23.7 Å². The van der Waals surface area contributed by atoms with Crippen molar-refractivity contribution in [2.45, 2.75) is 38.5 Å². The van der Waals surface area contributed by atoms with E-state index in [0.29, 0.717) is 6.42 Å². The number of piperidine rings is 1. The van der Waals surface area contributed by atoms with E-state index in [9.17, 15) is 14.9 Å². The Bertz CT molecular complexity index is 1020. The van der Waals surface area contributed by atoms with Crippen molar-refractivity contribution in [3.05, 3.63) is 75.3 Å². The van der Waals surface area contributed by atoms with Gasteiger partial charge in [0.15, 0.2) is 0 Å². The Kier molecular flexibility index (Phi) is 7.64. The molecule has 2 aromatic rings. The number of nitro groups is 1. The molecule has 30 heavy (non-hydrogen) atoms. The van der Waals surface area contributed by atoms with Gasteiger partial charge in [0.1, 0.15) is 0 Å². The summed E-state index contributed by atoms with van der Waals surface area (Å²) in [7, 11) is 0. The largest absolute Gasteiger partial charge is 0.343 e. The van der Waals surface area contributed by atoms with Crippen LogP contribution in [0.3, 0.4) is 0 Å². The minimum Gasteiger partial charge on any atom is -0.343 e. The first-order valence-electron chi connectivity index (χ1n) is 10.3.